The van der Waals surface area contributed by atoms with Crippen molar-refractivity contribution in [2.45, 2.75) is 27.3 Å². The number of esters is 1. The lowest BCUT2D eigenvalue weighted by Gasteiger charge is -2.09. The number of ketones is 1. The fraction of sp³-hybridized carbons (Fsp3) is 0.259. The van der Waals surface area contributed by atoms with Gasteiger partial charge in [-0.05, 0) is 62.7 Å². The first-order valence-corrected chi connectivity index (χ1v) is 11.2. The summed E-state index contributed by atoms with van der Waals surface area (Å²) in [7, 11) is 1.64. The molecule has 4 rings (SSSR count). The molecule has 0 amide bonds. The van der Waals surface area contributed by atoms with Crippen LogP contribution in [0.15, 0.2) is 59.0 Å². The van der Waals surface area contributed by atoms with Crippen LogP contribution in [0.3, 0.4) is 0 Å². The van der Waals surface area contributed by atoms with E-state index < -0.39 is 5.97 Å². The molecule has 0 aliphatic carbocycles. The summed E-state index contributed by atoms with van der Waals surface area (Å²) in [5, 5.41) is 8.26. The Bertz CT molecular complexity index is 1350. The van der Waals surface area contributed by atoms with Crippen LogP contribution in [0.2, 0.25) is 0 Å². The maximum Gasteiger partial charge on any atom is 0.338 e. The van der Waals surface area contributed by atoms with E-state index in [1.807, 2.05) is 55.7 Å². The number of hydrogen-bond acceptors (Lipinski definition) is 7. The van der Waals surface area contributed by atoms with Gasteiger partial charge in [0.25, 0.3) is 0 Å². The Morgan fingerprint density at radius 3 is 2.40 bits per heavy atom. The molecule has 0 fully saturated rings. The van der Waals surface area contributed by atoms with Crippen LogP contribution < -0.4 is 0 Å². The number of aromatic nitrogens is 3. The zero-order valence-corrected chi connectivity index (χ0v) is 20.2. The predicted molar refractivity (Wildman–Crippen MR) is 130 cm³/mol. The highest BCUT2D eigenvalue weighted by molar-refractivity contribution is 6.00. The van der Waals surface area contributed by atoms with Gasteiger partial charge in [-0.3, -0.25) is 4.79 Å². The molecule has 35 heavy (non-hydrogen) atoms. The molecule has 0 bridgehead atoms. The number of Topliss-reactive ketones (excluding diaryl/α,β-unsaturated/α-hetero) is 1. The summed E-state index contributed by atoms with van der Waals surface area (Å²) < 4.78 is 18.2. The fourth-order valence-electron chi connectivity index (χ4n) is 3.91. The molecule has 2 aromatic carbocycles. The molecule has 0 aliphatic rings. The van der Waals surface area contributed by atoms with Crippen LogP contribution in [-0.2, 0) is 16.0 Å². The van der Waals surface area contributed by atoms with Crippen molar-refractivity contribution in [1.29, 1.82) is 0 Å². The topological polar surface area (TPSA) is 96.5 Å². The van der Waals surface area contributed by atoms with Crippen LogP contribution in [0.1, 0.15) is 37.7 Å². The molecule has 0 unspecified atom stereocenters. The molecule has 0 saturated heterocycles. The summed E-state index contributed by atoms with van der Waals surface area (Å²) in [6, 6.07) is 16.2. The van der Waals surface area contributed by atoms with Gasteiger partial charge in [-0.1, -0.05) is 18.2 Å². The predicted octanol–water partition coefficient (Wildman–Crippen LogP) is 4.82. The minimum absolute atomic E-state index is 0.249. The van der Waals surface area contributed by atoms with Gasteiger partial charge >= 0.3 is 5.97 Å². The molecule has 8 heteroatoms. The maximum atomic E-state index is 12.7. The number of hydrogen-bond donors (Lipinski definition) is 0. The standard InChI is InChI=1S/C27H27N3O5/c1-17-7-5-6-8-22(17)26-29-28-25(35-26)20-9-11-21(12-10-20)27(32)34-16-24(31)23-15-18(2)30(19(23)3)13-14-33-4/h5-12,15H,13-14,16H2,1-4H3. The van der Waals surface area contributed by atoms with Crippen molar-refractivity contribution in [2.75, 3.05) is 20.3 Å². The first-order valence-electron chi connectivity index (χ1n) is 11.2. The number of carbonyl (C=O) groups excluding carboxylic acids is 2. The van der Waals surface area contributed by atoms with Gasteiger partial charge in [0.05, 0.1) is 12.2 Å². The van der Waals surface area contributed by atoms with E-state index in [0.717, 1.165) is 22.5 Å². The second kappa shape index (κ2) is 10.5. The Morgan fingerprint density at radius 1 is 0.971 bits per heavy atom. The molecule has 2 heterocycles. The lowest BCUT2D eigenvalue weighted by atomic mass is 10.1. The minimum Gasteiger partial charge on any atom is -0.454 e. The second-order valence-electron chi connectivity index (χ2n) is 8.23. The number of methoxy groups -OCH3 is 1. The normalized spacial score (nSPS) is 11.0. The summed E-state index contributed by atoms with van der Waals surface area (Å²) in [4.78, 5) is 25.2. The minimum atomic E-state index is -0.579. The first-order chi connectivity index (χ1) is 16.9. The van der Waals surface area contributed by atoms with Gasteiger partial charge in [0.1, 0.15) is 0 Å². The highest BCUT2D eigenvalue weighted by Gasteiger charge is 2.18. The average molecular weight is 474 g/mol. The number of nitrogens with zero attached hydrogens (tertiary/aromatic N) is 3. The number of rotatable bonds is 9. The van der Waals surface area contributed by atoms with Gasteiger partial charge < -0.3 is 18.5 Å². The van der Waals surface area contributed by atoms with Crippen molar-refractivity contribution in [1.82, 2.24) is 14.8 Å². The highest BCUT2D eigenvalue weighted by atomic mass is 16.5. The highest BCUT2D eigenvalue weighted by Crippen LogP contribution is 2.26. The lowest BCUT2D eigenvalue weighted by Crippen LogP contribution is -2.15. The van der Waals surface area contributed by atoms with Crippen LogP contribution in [0.25, 0.3) is 22.9 Å². The Hall–Kier alpha value is -4.04. The molecule has 180 valence electrons. The van der Waals surface area contributed by atoms with Crippen molar-refractivity contribution in [3.63, 3.8) is 0 Å². The van der Waals surface area contributed by atoms with E-state index in [4.69, 9.17) is 13.9 Å². The molecule has 4 aromatic rings. The summed E-state index contributed by atoms with van der Waals surface area (Å²) in [5.74, 6) is -0.0468. The second-order valence-corrected chi connectivity index (χ2v) is 8.23. The molecule has 0 radical (unpaired) electrons. The van der Waals surface area contributed by atoms with E-state index in [0.29, 0.717) is 41.6 Å². The number of benzene rings is 2. The number of carbonyl (C=O) groups is 2. The molecule has 0 atom stereocenters. The van der Waals surface area contributed by atoms with E-state index in [1.54, 1.807) is 31.4 Å². The van der Waals surface area contributed by atoms with Crippen molar-refractivity contribution in [3.05, 3.63) is 82.7 Å². The Morgan fingerprint density at radius 2 is 1.69 bits per heavy atom. The molecule has 0 saturated carbocycles. The van der Waals surface area contributed by atoms with E-state index >= 15 is 0 Å². The van der Waals surface area contributed by atoms with Gasteiger partial charge in [0.2, 0.25) is 17.6 Å². The zero-order chi connectivity index (χ0) is 24.9. The summed E-state index contributed by atoms with van der Waals surface area (Å²) >= 11 is 0. The van der Waals surface area contributed by atoms with Crippen LogP contribution >= 0.6 is 0 Å². The lowest BCUT2D eigenvalue weighted by molar-refractivity contribution is 0.0474. The van der Waals surface area contributed by atoms with Crippen molar-refractivity contribution in [2.24, 2.45) is 0 Å². The smallest absolute Gasteiger partial charge is 0.338 e. The maximum absolute atomic E-state index is 12.7. The van der Waals surface area contributed by atoms with Gasteiger partial charge in [-0.15, -0.1) is 10.2 Å². The van der Waals surface area contributed by atoms with Crippen molar-refractivity contribution >= 4 is 11.8 Å². The van der Waals surface area contributed by atoms with Gasteiger partial charge in [0, 0.05) is 41.7 Å². The number of ether oxygens (including phenoxy) is 2. The molecule has 2 aromatic heterocycles. The third-order valence-electron chi connectivity index (χ3n) is 5.90. The molecule has 8 nitrogen and oxygen atoms in total. The number of aryl methyl sites for hydroxylation is 2. The molecule has 0 aliphatic heterocycles. The van der Waals surface area contributed by atoms with Crippen molar-refractivity contribution in [3.8, 4) is 22.9 Å². The van der Waals surface area contributed by atoms with E-state index in [-0.39, 0.29) is 12.4 Å². The quantitative estimate of drug-likeness (QED) is 0.254. The molecular weight excluding hydrogens is 446 g/mol. The zero-order valence-electron chi connectivity index (χ0n) is 20.2. The Kier molecular flexibility index (Phi) is 7.22. The SMILES string of the molecule is COCCn1c(C)cc(C(=O)COC(=O)c2ccc(-c3nnc(-c4ccccc4C)o3)cc2)c1C. The van der Waals surface area contributed by atoms with Gasteiger partial charge in [-0.25, -0.2) is 4.79 Å². The van der Waals surface area contributed by atoms with Crippen LogP contribution in [-0.4, -0.2) is 46.8 Å². The van der Waals surface area contributed by atoms with E-state index in [1.165, 1.54) is 0 Å². The van der Waals surface area contributed by atoms with Crippen molar-refractivity contribution < 1.29 is 23.5 Å². The van der Waals surface area contributed by atoms with Crippen LogP contribution in [0.5, 0.6) is 0 Å². The van der Waals surface area contributed by atoms with E-state index in [9.17, 15) is 9.59 Å². The Balaban J connectivity index is 1.39. The monoisotopic (exact) mass is 473 g/mol. The average Bonchev–Trinajstić information content (AvgIpc) is 3.46. The first kappa shape index (κ1) is 24.1. The summed E-state index contributed by atoms with van der Waals surface area (Å²) in [6.45, 7) is 6.65. The largest absolute Gasteiger partial charge is 0.454 e. The Labute approximate surface area is 203 Å². The summed E-state index contributed by atoms with van der Waals surface area (Å²) in [6.07, 6.45) is 0. The van der Waals surface area contributed by atoms with Gasteiger partial charge in [-0.2, -0.15) is 0 Å². The molecule has 0 N–H and O–H groups in total. The van der Waals surface area contributed by atoms with Gasteiger partial charge in [0.15, 0.2) is 6.61 Å². The molecular formula is C27H27N3O5. The fourth-order valence-corrected chi connectivity index (χ4v) is 3.91. The summed E-state index contributed by atoms with van der Waals surface area (Å²) in [5.41, 5.74) is 5.23. The third-order valence-corrected chi connectivity index (χ3v) is 5.90. The van der Waals surface area contributed by atoms with Crippen LogP contribution in [0.4, 0.5) is 0 Å². The third kappa shape index (κ3) is 5.22. The van der Waals surface area contributed by atoms with E-state index in [2.05, 4.69) is 10.2 Å². The van der Waals surface area contributed by atoms with Crippen LogP contribution in [0, 0.1) is 20.8 Å². The molecule has 0 spiro atoms.